The quantitative estimate of drug-likeness (QED) is 0.838. The summed E-state index contributed by atoms with van der Waals surface area (Å²) in [6.45, 7) is 9.15. The Balaban J connectivity index is 2.87. The second kappa shape index (κ2) is 6.42. The summed E-state index contributed by atoms with van der Waals surface area (Å²) in [5, 5.41) is 8.81. The number of benzene rings is 1. The number of rotatable bonds is 6. The smallest absolute Gasteiger partial charge is 0.0991 e. The number of nitrogens with two attached hydrogens (primary N) is 1. The Hall–Kier alpha value is -1.53. The first-order valence-corrected chi connectivity index (χ1v) is 6.47. The molecule has 0 unspecified atom stereocenters. The SMILES string of the molecule is CCCN(CC(C)(C)CN)c1ccc(C#N)cc1. The maximum atomic E-state index is 8.81. The monoisotopic (exact) mass is 245 g/mol. The Morgan fingerprint density at radius 3 is 2.33 bits per heavy atom. The van der Waals surface area contributed by atoms with E-state index < -0.39 is 0 Å². The first-order valence-electron chi connectivity index (χ1n) is 6.47. The molecule has 0 saturated heterocycles. The average Bonchev–Trinajstić information content (AvgIpc) is 2.38. The molecule has 3 nitrogen and oxygen atoms in total. The van der Waals surface area contributed by atoms with Crippen LogP contribution in [0.25, 0.3) is 0 Å². The van der Waals surface area contributed by atoms with Crippen LogP contribution < -0.4 is 10.6 Å². The summed E-state index contributed by atoms with van der Waals surface area (Å²) in [7, 11) is 0. The topological polar surface area (TPSA) is 53.0 Å². The number of nitrogens with zero attached hydrogens (tertiary/aromatic N) is 2. The van der Waals surface area contributed by atoms with Crippen molar-refractivity contribution in [2.75, 3.05) is 24.5 Å². The van der Waals surface area contributed by atoms with Crippen LogP contribution in [0.3, 0.4) is 0 Å². The summed E-state index contributed by atoms with van der Waals surface area (Å²) >= 11 is 0. The molecule has 2 N–H and O–H groups in total. The molecule has 0 bridgehead atoms. The standard InChI is InChI=1S/C15H23N3/c1-4-9-18(12-15(2,3)11-17)14-7-5-13(10-16)6-8-14/h5-8H,4,9,11-12,17H2,1-3H3. The van der Waals surface area contributed by atoms with Crippen LogP contribution in [0.4, 0.5) is 5.69 Å². The molecule has 0 aliphatic heterocycles. The van der Waals surface area contributed by atoms with E-state index in [0.29, 0.717) is 12.1 Å². The molecule has 18 heavy (non-hydrogen) atoms. The Bertz CT molecular complexity index is 401. The molecule has 0 amide bonds. The first-order chi connectivity index (χ1) is 8.52. The predicted molar refractivity (Wildman–Crippen MR) is 76.5 cm³/mol. The second-order valence-corrected chi connectivity index (χ2v) is 5.45. The number of nitriles is 1. The van der Waals surface area contributed by atoms with Gasteiger partial charge in [0.25, 0.3) is 0 Å². The number of hydrogen-bond donors (Lipinski definition) is 1. The Morgan fingerprint density at radius 2 is 1.89 bits per heavy atom. The molecule has 0 heterocycles. The van der Waals surface area contributed by atoms with Crippen LogP contribution in [0.2, 0.25) is 0 Å². The van der Waals surface area contributed by atoms with Crippen LogP contribution in [-0.2, 0) is 0 Å². The fourth-order valence-corrected chi connectivity index (χ4v) is 1.90. The fourth-order valence-electron chi connectivity index (χ4n) is 1.90. The summed E-state index contributed by atoms with van der Waals surface area (Å²) in [6.07, 6.45) is 1.10. The van der Waals surface area contributed by atoms with E-state index in [0.717, 1.165) is 25.2 Å². The van der Waals surface area contributed by atoms with Gasteiger partial charge in [-0.15, -0.1) is 0 Å². The normalized spacial score (nSPS) is 11.1. The number of anilines is 1. The molecule has 3 heteroatoms. The highest BCUT2D eigenvalue weighted by atomic mass is 15.1. The molecule has 0 aromatic heterocycles. The Morgan fingerprint density at radius 1 is 1.28 bits per heavy atom. The van der Waals surface area contributed by atoms with Crippen LogP contribution in [0.5, 0.6) is 0 Å². The summed E-state index contributed by atoms with van der Waals surface area (Å²) in [4.78, 5) is 2.34. The molecule has 0 radical (unpaired) electrons. The lowest BCUT2D eigenvalue weighted by Gasteiger charge is -2.33. The molecule has 0 fully saturated rings. The Kier molecular flexibility index (Phi) is 5.18. The third-order valence-corrected chi connectivity index (χ3v) is 3.03. The summed E-state index contributed by atoms with van der Waals surface area (Å²) in [5.41, 5.74) is 7.77. The van der Waals surface area contributed by atoms with Crippen molar-refractivity contribution in [2.24, 2.45) is 11.1 Å². The van der Waals surface area contributed by atoms with E-state index in [4.69, 9.17) is 11.0 Å². The molecule has 0 spiro atoms. The van der Waals surface area contributed by atoms with E-state index in [9.17, 15) is 0 Å². The molecule has 0 aliphatic rings. The molecule has 1 aromatic carbocycles. The van der Waals surface area contributed by atoms with Gasteiger partial charge in [0.1, 0.15) is 0 Å². The van der Waals surface area contributed by atoms with Gasteiger partial charge >= 0.3 is 0 Å². The highest BCUT2D eigenvalue weighted by molar-refractivity contribution is 5.49. The van der Waals surface area contributed by atoms with E-state index in [1.165, 1.54) is 0 Å². The minimum atomic E-state index is 0.100. The number of hydrogen-bond acceptors (Lipinski definition) is 3. The highest BCUT2D eigenvalue weighted by Crippen LogP contribution is 2.22. The zero-order valence-electron chi connectivity index (χ0n) is 11.6. The van der Waals surface area contributed by atoms with E-state index in [2.05, 4.69) is 31.7 Å². The van der Waals surface area contributed by atoms with Gasteiger partial charge in [-0.2, -0.15) is 5.26 Å². The van der Waals surface area contributed by atoms with Crippen molar-refractivity contribution in [1.82, 2.24) is 0 Å². The predicted octanol–water partition coefficient (Wildman–Crippen LogP) is 2.76. The Labute approximate surface area is 110 Å². The summed E-state index contributed by atoms with van der Waals surface area (Å²) in [5.74, 6) is 0. The van der Waals surface area contributed by atoms with Crippen molar-refractivity contribution in [3.05, 3.63) is 29.8 Å². The van der Waals surface area contributed by atoms with Gasteiger partial charge in [0, 0.05) is 18.8 Å². The van der Waals surface area contributed by atoms with Gasteiger partial charge in [0.15, 0.2) is 0 Å². The largest absolute Gasteiger partial charge is 0.371 e. The highest BCUT2D eigenvalue weighted by Gasteiger charge is 2.20. The van der Waals surface area contributed by atoms with Gasteiger partial charge in [-0.1, -0.05) is 20.8 Å². The molecular formula is C15H23N3. The van der Waals surface area contributed by atoms with Crippen molar-refractivity contribution >= 4 is 5.69 Å². The maximum Gasteiger partial charge on any atom is 0.0991 e. The first kappa shape index (κ1) is 14.5. The van der Waals surface area contributed by atoms with Crippen molar-refractivity contribution in [3.63, 3.8) is 0 Å². The minimum Gasteiger partial charge on any atom is -0.371 e. The van der Waals surface area contributed by atoms with Gasteiger partial charge < -0.3 is 10.6 Å². The third-order valence-electron chi connectivity index (χ3n) is 3.03. The van der Waals surface area contributed by atoms with Crippen molar-refractivity contribution < 1.29 is 0 Å². The van der Waals surface area contributed by atoms with Gasteiger partial charge in [-0.05, 0) is 42.6 Å². The lowest BCUT2D eigenvalue weighted by atomic mass is 9.92. The molecule has 0 saturated carbocycles. The molecular weight excluding hydrogens is 222 g/mol. The lowest BCUT2D eigenvalue weighted by Crippen LogP contribution is -2.39. The van der Waals surface area contributed by atoms with Crippen molar-refractivity contribution in [3.8, 4) is 6.07 Å². The van der Waals surface area contributed by atoms with E-state index in [1.807, 2.05) is 24.3 Å². The molecule has 0 aliphatic carbocycles. The fraction of sp³-hybridized carbons (Fsp3) is 0.533. The van der Waals surface area contributed by atoms with Crippen LogP contribution in [-0.4, -0.2) is 19.6 Å². The van der Waals surface area contributed by atoms with Gasteiger partial charge in [0.2, 0.25) is 0 Å². The molecule has 1 rings (SSSR count). The maximum absolute atomic E-state index is 8.81. The van der Waals surface area contributed by atoms with Crippen molar-refractivity contribution in [1.29, 1.82) is 5.26 Å². The van der Waals surface area contributed by atoms with Gasteiger partial charge in [-0.3, -0.25) is 0 Å². The molecule has 98 valence electrons. The van der Waals surface area contributed by atoms with E-state index in [-0.39, 0.29) is 5.41 Å². The van der Waals surface area contributed by atoms with Gasteiger partial charge in [-0.25, -0.2) is 0 Å². The zero-order valence-corrected chi connectivity index (χ0v) is 11.6. The minimum absolute atomic E-state index is 0.100. The average molecular weight is 245 g/mol. The lowest BCUT2D eigenvalue weighted by molar-refractivity contribution is 0.377. The van der Waals surface area contributed by atoms with E-state index in [1.54, 1.807) is 0 Å². The van der Waals surface area contributed by atoms with E-state index >= 15 is 0 Å². The summed E-state index contributed by atoms with van der Waals surface area (Å²) < 4.78 is 0. The van der Waals surface area contributed by atoms with Crippen molar-refractivity contribution in [2.45, 2.75) is 27.2 Å². The molecule has 0 atom stereocenters. The van der Waals surface area contributed by atoms with Crippen LogP contribution in [0.1, 0.15) is 32.8 Å². The van der Waals surface area contributed by atoms with Crippen LogP contribution in [0, 0.1) is 16.7 Å². The zero-order chi connectivity index (χ0) is 13.6. The van der Waals surface area contributed by atoms with Gasteiger partial charge in [0.05, 0.1) is 11.6 Å². The van der Waals surface area contributed by atoms with Crippen LogP contribution >= 0.6 is 0 Å². The third kappa shape index (κ3) is 4.05. The summed E-state index contributed by atoms with van der Waals surface area (Å²) in [6, 6.07) is 9.91. The second-order valence-electron chi connectivity index (χ2n) is 5.45. The molecule has 1 aromatic rings. The van der Waals surface area contributed by atoms with Crippen LogP contribution in [0.15, 0.2) is 24.3 Å².